The topological polar surface area (TPSA) is 66.2 Å². The van der Waals surface area contributed by atoms with Gasteiger partial charge in [-0.1, -0.05) is 0 Å². The summed E-state index contributed by atoms with van der Waals surface area (Å²) in [6.07, 6.45) is 0. The van der Waals surface area contributed by atoms with Crippen molar-refractivity contribution in [2.75, 3.05) is 0 Å². The molecule has 0 aliphatic heterocycles. The van der Waals surface area contributed by atoms with Crippen molar-refractivity contribution in [3.05, 3.63) is 0 Å². The van der Waals surface area contributed by atoms with E-state index >= 15 is 0 Å². The Hall–Kier alpha value is 0.760. The third-order valence-corrected chi connectivity index (χ3v) is 31.6. The van der Waals surface area contributed by atoms with Gasteiger partial charge in [-0.25, -0.2) is 42.0 Å². The van der Waals surface area contributed by atoms with Crippen LogP contribution >= 0.6 is 30.9 Å². The molecule has 0 aliphatic rings. The molecule has 0 rings (SSSR count). The van der Waals surface area contributed by atoms with E-state index in [4.69, 9.17) is 13.5 Å². The van der Waals surface area contributed by atoms with Crippen molar-refractivity contribution in [2.45, 2.75) is 358 Å². The molecule has 422 valence electrons. The second-order valence-electron chi connectivity index (χ2n) is 25.3. The maximum Gasteiger partial charge on any atom is 0.274 e. The number of nitrogens with zero attached hydrogens (tertiary/aromatic N) is 12. The van der Waals surface area contributed by atoms with Gasteiger partial charge in [-0.2, -0.15) is 13.5 Å². The van der Waals surface area contributed by atoms with Crippen molar-refractivity contribution in [1.82, 2.24) is 42.0 Å². The summed E-state index contributed by atoms with van der Waals surface area (Å²) in [4.78, 5) is 0. The summed E-state index contributed by atoms with van der Waals surface area (Å²) >= 11 is 0. The molecule has 0 atom stereocenters. The SMILES string of the molecule is CC(C)N(C(C)C)P(=NP(N=P(N(C(C)C)C(C)C)(N(C(C)C)C(C)C)N(C(C)C)C(C)C)N=P(N(C(C)C)C(C)C)(N(C(C)C)C(C)C)N(C(C)C)C(C)C)(N(C(C)C)C(C)C)N(C(C)C)C(C)C. The van der Waals surface area contributed by atoms with Gasteiger partial charge < -0.3 is 0 Å². The molecule has 16 heteroatoms. The molecule has 0 bridgehead atoms. The van der Waals surface area contributed by atoms with Gasteiger partial charge in [-0.3, -0.25) is 0 Å². The minimum absolute atomic E-state index is 0.190. The monoisotopic (exact) mass is 1070 g/mol. The van der Waals surface area contributed by atoms with Crippen LogP contribution in [0.15, 0.2) is 13.5 Å². The van der Waals surface area contributed by atoms with Gasteiger partial charge in [0.2, 0.25) is 0 Å². The van der Waals surface area contributed by atoms with E-state index in [0.29, 0.717) is 0 Å². The molecule has 0 saturated heterocycles. The lowest BCUT2D eigenvalue weighted by Crippen LogP contribution is -2.54. The lowest BCUT2D eigenvalue weighted by Gasteiger charge is -2.59. The largest absolute Gasteiger partial charge is 0.274 e. The number of hydrogen-bond acceptors (Lipinski definition) is 3. The molecule has 12 nitrogen and oxygen atoms in total. The Morgan fingerprint density at radius 3 is 0.300 bits per heavy atom. The second kappa shape index (κ2) is 29.5. The van der Waals surface area contributed by atoms with E-state index in [2.05, 4.69) is 291 Å². The predicted molar refractivity (Wildman–Crippen MR) is 324 cm³/mol. The summed E-state index contributed by atoms with van der Waals surface area (Å²) < 4.78 is 46.8. The molecule has 0 saturated carbocycles. The van der Waals surface area contributed by atoms with E-state index < -0.39 is 30.9 Å². The molecule has 0 aromatic heterocycles. The first-order valence-corrected chi connectivity index (χ1v) is 34.4. The van der Waals surface area contributed by atoms with Crippen LogP contribution in [0.2, 0.25) is 0 Å². The normalized spacial score (nSPS) is 14.7. The van der Waals surface area contributed by atoms with Crippen molar-refractivity contribution < 1.29 is 0 Å². The van der Waals surface area contributed by atoms with Crippen molar-refractivity contribution in [1.29, 1.82) is 0 Å². The van der Waals surface area contributed by atoms with Gasteiger partial charge >= 0.3 is 0 Å². The molecule has 0 N–H and O–H groups in total. The van der Waals surface area contributed by atoms with Gasteiger partial charge in [-0.15, -0.1) is 0 Å². The average Bonchev–Trinajstić information content (AvgIpc) is 3.08. The van der Waals surface area contributed by atoms with Gasteiger partial charge in [-0.05, 0) is 249 Å². The van der Waals surface area contributed by atoms with Crippen LogP contribution in [0.3, 0.4) is 0 Å². The summed E-state index contributed by atoms with van der Waals surface area (Å²) in [5.41, 5.74) is 0. The summed E-state index contributed by atoms with van der Waals surface area (Å²) in [7, 11) is -10.8. The Morgan fingerprint density at radius 2 is 0.243 bits per heavy atom. The smallest absolute Gasteiger partial charge is 0.240 e. The summed E-state index contributed by atoms with van der Waals surface area (Å²) in [6, 6.07) is 3.42. The summed E-state index contributed by atoms with van der Waals surface area (Å²) in [6.45, 7) is 87.1. The highest BCUT2D eigenvalue weighted by Gasteiger charge is 2.53. The average molecular weight is 1070 g/mol. The molecular weight excluding hydrogens is 941 g/mol. The van der Waals surface area contributed by atoms with Gasteiger partial charge in [0.05, 0.1) is 0 Å². The Balaban J connectivity index is 12.3. The van der Waals surface area contributed by atoms with Crippen LogP contribution in [-0.2, 0) is 0 Å². The van der Waals surface area contributed by atoms with Crippen molar-refractivity contribution in [2.24, 2.45) is 13.5 Å². The van der Waals surface area contributed by atoms with E-state index in [9.17, 15) is 0 Å². The fourth-order valence-electron chi connectivity index (χ4n) is 12.8. The van der Waals surface area contributed by atoms with E-state index in [0.717, 1.165) is 0 Å². The highest BCUT2D eigenvalue weighted by molar-refractivity contribution is 7.76. The standard InChI is InChI=1S/C54H126N12P4/c1-37(2)58(38(3)4)68(59(39(5)6)40(7)8,60(41(9)10)42(11)12)55-67(56-69(61(43(13)14)44(15)16,62(45(17)18)46(19)20)63(47(21)22)48(23)24)57-70(64(49(25)26)50(27)28,65(51(29)30)52(31)32)66(53(33)34)54(35)36/h37-54H,1-36H3. The number of rotatable bonds is 30. The van der Waals surface area contributed by atoms with Gasteiger partial charge in [0.1, 0.15) is 0 Å². The number of hydrogen-bond donors (Lipinski definition) is 0. The Bertz CT molecular complexity index is 1230. The molecule has 0 aromatic carbocycles. The molecular formula is C54H126N12P4. The second-order valence-corrected chi connectivity index (χ2v) is 35.3. The zero-order valence-electron chi connectivity index (χ0n) is 53.5. The Kier molecular flexibility index (Phi) is 29.8. The third kappa shape index (κ3) is 15.7. The first-order chi connectivity index (χ1) is 31.7. The van der Waals surface area contributed by atoms with Crippen molar-refractivity contribution in [3.63, 3.8) is 0 Å². The predicted octanol–water partition coefficient (Wildman–Crippen LogP) is 18.1. The molecule has 0 aliphatic carbocycles. The van der Waals surface area contributed by atoms with E-state index in [1.54, 1.807) is 0 Å². The quantitative estimate of drug-likeness (QED) is 0.0655. The van der Waals surface area contributed by atoms with Crippen LogP contribution in [-0.4, -0.2) is 151 Å². The lowest BCUT2D eigenvalue weighted by atomic mass is 10.3. The van der Waals surface area contributed by atoms with E-state index in [-0.39, 0.29) is 109 Å². The molecule has 0 amide bonds. The fourth-order valence-corrected chi connectivity index (χ4v) is 33.4. The van der Waals surface area contributed by atoms with Crippen LogP contribution in [0.1, 0.15) is 249 Å². The highest BCUT2D eigenvalue weighted by atomic mass is 31.2. The summed E-state index contributed by atoms with van der Waals surface area (Å²) in [5, 5.41) is 0. The minimum Gasteiger partial charge on any atom is -0.240 e. The van der Waals surface area contributed by atoms with Crippen LogP contribution < -0.4 is 0 Å². The van der Waals surface area contributed by atoms with Crippen LogP contribution in [0, 0.1) is 0 Å². The molecule has 70 heavy (non-hydrogen) atoms. The van der Waals surface area contributed by atoms with Gasteiger partial charge in [0.25, 0.3) is 8.37 Å². The molecule has 0 spiro atoms. The van der Waals surface area contributed by atoms with Crippen LogP contribution in [0.4, 0.5) is 0 Å². The van der Waals surface area contributed by atoms with E-state index in [1.165, 1.54) is 0 Å². The first-order valence-electron chi connectivity index (χ1n) is 28.4. The lowest BCUT2D eigenvalue weighted by molar-refractivity contribution is 0.189. The van der Waals surface area contributed by atoms with Crippen LogP contribution in [0.25, 0.3) is 0 Å². The maximum absolute atomic E-state index is 7.03. The molecule has 0 aromatic rings. The van der Waals surface area contributed by atoms with Crippen molar-refractivity contribution >= 4 is 30.9 Å². The van der Waals surface area contributed by atoms with Crippen molar-refractivity contribution in [3.8, 4) is 0 Å². The zero-order valence-corrected chi connectivity index (χ0v) is 57.1. The first kappa shape index (κ1) is 70.8. The molecule has 0 fully saturated rings. The molecule has 0 heterocycles. The fraction of sp³-hybridized carbons (Fsp3) is 1.00. The Morgan fingerprint density at radius 1 is 0.171 bits per heavy atom. The Labute approximate surface area is 442 Å². The highest BCUT2D eigenvalue weighted by Crippen LogP contribution is 2.79. The summed E-state index contributed by atoms with van der Waals surface area (Å²) in [5.74, 6) is 0. The maximum atomic E-state index is 7.03. The zero-order chi connectivity index (χ0) is 55.8. The molecule has 0 unspecified atom stereocenters. The van der Waals surface area contributed by atoms with Crippen LogP contribution in [0.5, 0.6) is 0 Å². The van der Waals surface area contributed by atoms with Gasteiger partial charge in [0.15, 0.2) is 22.5 Å². The van der Waals surface area contributed by atoms with Gasteiger partial charge in [0, 0.05) is 109 Å². The van der Waals surface area contributed by atoms with E-state index in [1.807, 2.05) is 0 Å². The minimum atomic E-state index is -2.97. The third-order valence-electron chi connectivity index (χ3n) is 12.9. The molecule has 0 radical (unpaired) electrons.